The van der Waals surface area contributed by atoms with E-state index in [4.69, 9.17) is 10.5 Å². The van der Waals surface area contributed by atoms with Gasteiger partial charge in [0, 0.05) is 32.8 Å². The maximum absolute atomic E-state index is 13.4. The van der Waals surface area contributed by atoms with Crippen LogP contribution in [0.3, 0.4) is 0 Å². The van der Waals surface area contributed by atoms with E-state index in [1.807, 2.05) is 18.2 Å². The second-order valence-electron chi connectivity index (χ2n) is 8.18. The molecule has 4 nitrogen and oxygen atoms in total. The van der Waals surface area contributed by atoms with Crippen molar-refractivity contribution in [2.75, 3.05) is 20.3 Å². The van der Waals surface area contributed by atoms with E-state index in [-0.39, 0.29) is 11.8 Å². The summed E-state index contributed by atoms with van der Waals surface area (Å²) >= 11 is 0. The van der Waals surface area contributed by atoms with E-state index in [2.05, 4.69) is 42.2 Å². The summed E-state index contributed by atoms with van der Waals surface area (Å²) < 4.78 is 5.18. The van der Waals surface area contributed by atoms with Gasteiger partial charge >= 0.3 is 0 Å². The lowest BCUT2D eigenvalue weighted by molar-refractivity contribution is -0.136. The Kier molecular flexibility index (Phi) is 7.84. The second kappa shape index (κ2) is 10.6. The summed E-state index contributed by atoms with van der Waals surface area (Å²) in [5.74, 6) is 0.0335. The lowest BCUT2D eigenvalue weighted by Crippen LogP contribution is -2.41. The van der Waals surface area contributed by atoms with Crippen molar-refractivity contribution < 1.29 is 9.53 Å². The fourth-order valence-electron chi connectivity index (χ4n) is 3.83. The number of ether oxygens (including phenoxy) is 1. The number of hydrogen-bond acceptors (Lipinski definition) is 3. The molecule has 1 unspecified atom stereocenters. The molecule has 1 aliphatic rings. The van der Waals surface area contributed by atoms with E-state index >= 15 is 0 Å². The Morgan fingerprint density at radius 3 is 2.59 bits per heavy atom. The summed E-state index contributed by atoms with van der Waals surface area (Å²) in [5, 5.41) is 0. The Hall–Kier alpha value is -2.17. The normalized spacial score (nSPS) is 14.6. The van der Waals surface area contributed by atoms with Crippen LogP contribution in [-0.2, 0) is 28.9 Å². The molecular formula is C25H34N2O2. The Morgan fingerprint density at radius 1 is 1.17 bits per heavy atom. The highest BCUT2D eigenvalue weighted by Crippen LogP contribution is 2.31. The molecule has 2 aromatic rings. The van der Waals surface area contributed by atoms with Gasteiger partial charge in [-0.15, -0.1) is 0 Å². The van der Waals surface area contributed by atoms with Crippen molar-refractivity contribution in [2.45, 2.75) is 51.6 Å². The highest BCUT2D eigenvalue weighted by Gasteiger charge is 2.35. The van der Waals surface area contributed by atoms with Crippen molar-refractivity contribution in [1.82, 2.24) is 4.90 Å². The zero-order valence-electron chi connectivity index (χ0n) is 17.8. The van der Waals surface area contributed by atoms with E-state index < -0.39 is 0 Å². The first-order valence-corrected chi connectivity index (χ1v) is 10.7. The molecule has 0 spiro atoms. The van der Waals surface area contributed by atoms with Crippen LogP contribution in [0.15, 0.2) is 48.5 Å². The van der Waals surface area contributed by atoms with Crippen molar-refractivity contribution >= 4 is 5.91 Å². The number of hydrogen-bond donors (Lipinski definition) is 1. The molecular weight excluding hydrogens is 360 g/mol. The number of carbonyl (C=O) groups excluding carboxylic acids is 1. The average molecular weight is 395 g/mol. The largest absolute Gasteiger partial charge is 0.385 e. The van der Waals surface area contributed by atoms with Crippen molar-refractivity contribution in [2.24, 2.45) is 11.7 Å². The molecule has 0 bridgehead atoms. The van der Waals surface area contributed by atoms with Crippen LogP contribution in [0.5, 0.6) is 0 Å². The van der Waals surface area contributed by atoms with Crippen molar-refractivity contribution in [3.05, 3.63) is 70.8 Å². The molecule has 1 fully saturated rings. The van der Waals surface area contributed by atoms with Crippen molar-refractivity contribution in [3.63, 3.8) is 0 Å². The quantitative estimate of drug-likeness (QED) is 0.589. The highest BCUT2D eigenvalue weighted by molar-refractivity contribution is 5.80. The fourth-order valence-corrected chi connectivity index (χ4v) is 3.83. The van der Waals surface area contributed by atoms with E-state index in [1.54, 1.807) is 7.11 Å². The van der Waals surface area contributed by atoms with Crippen LogP contribution < -0.4 is 5.73 Å². The molecule has 29 heavy (non-hydrogen) atoms. The molecule has 0 saturated heterocycles. The molecule has 2 aromatic carbocycles. The number of rotatable bonds is 11. The minimum Gasteiger partial charge on any atom is -0.385 e. The third-order valence-corrected chi connectivity index (χ3v) is 5.80. The molecule has 1 atom stereocenters. The van der Waals surface area contributed by atoms with Crippen LogP contribution in [0.1, 0.15) is 41.5 Å². The Morgan fingerprint density at radius 2 is 1.93 bits per heavy atom. The lowest BCUT2D eigenvalue weighted by atomic mass is 9.96. The van der Waals surface area contributed by atoms with Gasteiger partial charge in [0.15, 0.2) is 0 Å². The smallest absolute Gasteiger partial charge is 0.227 e. The van der Waals surface area contributed by atoms with Gasteiger partial charge < -0.3 is 15.4 Å². The molecule has 3 rings (SSSR count). The molecule has 0 aliphatic heterocycles. The van der Waals surface area contributed by atoms with Crippen LogP contribution in [0, 0.1) is 12.8 Å². The van der Waals surface area contributed by atoms with E-state index in [0.717, 1.165) is 32.3 Å². The predicted octanol–water partition coefficient (Wildman–Crippen LogP) is 3.88. The van der Waals surface area contributed by atoms with Gasteiger partial charge in [-0.2, -0.15) is 0 Å². The fraction of sp³-hybridized carbons (Fsp3) is 0.480. The third kappa shape index (κ3) is 6.15. The van der Waals surface area contributed by atoms with Gasteiger partial charge in [-0.3, -0.25) is 4.79 Å². The van der Waals surface area contributed by atoms with Crippen molar-refractivity contribution in [1.29, 1.82) is 0 Å². The second-order valence-corrected chi connectivity index (χ2v) is 8.18. The summed E-state index contributed by atoms with van der Waals surface area (Å²) in [5.41, 5.74) is 11.0. The summed E-state index contributed by atoms with van der Waals surface area (Å²) in [6.45, 7) is 3.97. The van der Waals surface area contributed by atoms with Crippen LogP contribution in [-0.4, -0.2) is 37.1 Å². The number of methoxy groups -OCH3 is 1. The maximum Gasteiger partial charge on any atom is 0.227 e. The molecule has 1 aliphatic carbocycles. The van der Waals surface area contributed by atoms with Gasteiger partial charge in [-0.1, -0.05) is 48.5 Å². The van der Waals surface area contributed by atoms with E-state index in [1.165, 1.54) is 22.3 Å². The standard InChI is InChI=1S/C25H34N2O2/c1-19-10-11-21(9-6-14-29-2)16-23(19)18-27(24-12-13-24)25(28)22(17-26)15-20-7-4-3-5-8-20/h3-5,7-8,10-11,16,22,24H,6,9,12-15,17-18,26H2,1-2H3. The molecule has 0 aromatic heterocycles. The molecule has 2 N–H and O–H groups in total. The summed E-state index contributed by atoms with van der Waals surface area (Å²) in [7, 11) is 1.74. The summed E-state index contributed by atoms with van der Waals surface area (Å²) in [6, 6.07) is 17.2. The maximum atomic E-state index is 13.4. The summed E-state index contributed by atoms with van der Waals surface area (Å²) in [4.78, 5) is 15.5. The summed E-state index contributed by atoms with van der Waals surface area (Å²) in [6.07, 6.45) is 4.91. The minimum atomic E-state index is -0.164. The number of nitrogens with two attached hydrogens (primary N) is 1. The predicted molar refractivity (Wildman–Crippen MR) is 118 cm³/mol. The highest BCUT2D eigenvalue weighted by atomic mass is 16.5. The number of aryl methyl sites for hydroxylation is 2. The van der Waals surface area contributed by atoms with Crippen molar-refractivity contribution in [3.8, 4) is 0 Å². The SMILES string of the molecule is COCCCc1ccc(C)c(CN(C(=O)C(CN)Cc2ccccc2)C2CC2)c1. The van der Waals surface area contributed by atoms with Crippen LogP contribution in [0.25, 0.3) is 0 Å². The molecule has 0 radical (unpaired) electrons. The van der Waals surface area contributed by atoms with E-state index in [9.17, 15) is 4.79 Å². The Bertz CT molecular complexity index is 787. The number of benzene rings is 2. The van der Waals surface area contributed by atoms with E-state index in [0.29, 0.717) is 25.6 Å². The third-order valence-electron chi connectivity index (χ3n) is 5.80. The van der Waals surface area contributed by atoms with Crippen LogP contribution >= 0.6 is 0 Å². The zero-order valence-corrected chi connectivity index (χ0v) is 17.8. The van der Waals surface area contributed by atoms with Gasteiger partial charge in [0.1, 0.15) is 0 Å². The van der Waals surface area contributed by atoms with Gasteiger partial charge in [-0.25, -0.2) is 0 Å². The molecule has 156 valence electrons. The van der Waals surface area contributed by atoms with Crippen LogP contribution in [0.2, 0.25) is 0 Å². The number of amides is 1. The first-order chi connectivity index (χ1) is 14.1. The van der Waals surface area contributed by atoms with Crippen LogP contribution in [0.4, 0.5) is 0 Å². The molecule has 1 saturated carbocycles. The minimum absolute atomic E-state index is 0.164. The molecule has 0 heterocycles. The molecule has 4 heteroatoms. The van der Waals surface area contributed by atoms with Gasteiger partial charge in [0.05, 0.1) is 5.92 Å². The molecule has 1 amide bonds. The Balaban J connectivity index is 1.72. The number of carbonyl (C=O) groups is 1. The zero-order chi connectivity index (χ0) is 20.6. The van der Waals surface area contributed by atoms with Gasteiger partial charge in [-0.05, 0) is 61.3 Å². The first-order valence-electron chi connectivity index (χ1n) is 10.7. The first kappa shape index (κ1) is 21.5. The monoisotopic (exact) mass is 394 g/mol. The van der Waals surface area contributed by atoms with Gasteiger partial charge in [0.25, 0.3) is 0 Å². The lowest BCUT2D eigenvalue weighted by Gasteiger charge is -2.28. The Labute approximate surface area is 175 Å². The topological polar surface area (TPSA) is 55.6 Å². The average Bonchev–Trinajstić information content (AvgIpc) is 3.58. The van der Waals surface area contributed by atoms with Gasteiger partial charge in [0.2, 0.25) is 5.91 Å². The number of nitrogens with zero attached hydrogens (tertiary/aromatic N) is 1.